The molecule has 2 amide bonds. The number of nitrogens with zero attached hydrogens (tertiary/aromatic N) is 4. The highest BCUT2D eigenvalue weighted by molar-refractivity contribution is 6.30. The molecule has 9 nitrogen and oxygen atoms in total. The summed E-state index contributed by atoms with van der Waals surface area (Å²) in [4.78, 5) is 21.1. The van der Waals surface area contributed by atoms with E-state index in [-0.39, 0.29) is 6.03 Å². The number of hydrogen-bond donors (Lipinski definition) is 2. The van der Waals surface area contributed by atoms with Gasteiger partial charge in [0, 0.05) is 34.7 Å². The van der Waals surface area contributed by atoms with E-state index in [1.165, 1.54) is 0 Å². The first-order valence-corrected chi connectivity index (χ1v) is 11.4. The first-order valence-electron chi connectivity index (χ1n) is 11.0. The molecule has 0 fully saturated rings. The van der Waals surface area contributed by atoms with E-state index in [9.17, 15) is 4.79 Å². The summed E-state index contributed by atoms with van der Waals surface area (Å²) in [5.74, 6) is 1.53. The Hall–Kier alpha value is -4.63. The topological polar surface area (TPSA) is 107 Å². The highest BCUT2D eigenvalue weighted by Crippen LogP contribution is 2.23. The summed E-state index contributed by atoms with van der Waals surface area (Å²) in [5, 5.41) is 10.3. The molecule has 2 N–H and O–H groups in total. The lowest BCUT2D eigenvalue weighted by Crippen LogP contribution is -2.19. The van der Waals surface area contributed by atoms with Gasteiger partial charge < -0.3 is 24.5 Å². The monoisotopic (exact) mass is 500 g/mol. The van der Waals surface area contributed by atoms with E-state index >= 15 is 0 Å². The summed E-state index contributed by atoms with van der Waals surface area (Å²) >= 11 is 5.94. The summed E-state index contributed by atoms with van der Waals surface area (Å²) < 4.78 is 12.4. The fourth-order valence-electron chi connectivity index (χ4n) is 3.47. The molecular formula is C26H21ClN6O3. The molecule has 0 atom stereocenters. The number of methoxy groups -OCH3 is 1. The molecule has 0 radical (unpaired) electrons. The van der Waals surface area contributed by atoms with Gasteiger partial charge in [0.25, 0.3) is 5.89 Å². The van der Waals surface area contributed by atoms with Crippen molar-refractivity contribution in [2.24, 2.45) is 0 Å². The van der Waals surface area contributed by atoms with Crippen LogP contribution in [0.25, 0.3) is 23.0 Å². The SMILES string of the molecule is COc1ccc(NC(=O)Nc2ccc(Cn3cnc(-c4nc(-c5ccc(Cl)cc5)no4)c3)cc2)cc1. The number of carbonyl (C=O) groups is 1. The van der Waals surface area contributed by atoms with Gasteiger partial charge in [0.2, 0.25) is 5.82 Å². The quantitative estimate of drug-likeness (QED) is 0.286. The lowest BCUT2D eigenvalue weighted by atomic mass is 10.2. The zero-order valence-corrected chi connectivity index (χ0v) is 19.9. The van der Waals surface area contributed by atoms with Crippen LogP contribution in [0, 0.1) is 0 Å². The van der Waals surface area contributed by atoms with Crippen molar-refractivity contribution in [1.29, 1.82) is 0 Å². The summed E-state index contributed by atoms with van der Waals surface area (Å²) in [6, 6.07) is 21.5. The highest BCUT2D eigenvalue weighted by Gasteiger charge is 2.13. The number of rotatable bonds is 7. The molecule has 180 valence electrons. The Bertz CT molecular complexity index is 1460. The Balaban J connectivity index is 1.18. The zero-order valence-electron chi connectivity index (χ0n) is 19.2. The van der Waals surface area contributed by atoms with Crippen LogP contribution in [-0.2, 0) is 6.54 Å². The molecule has 0 aliphatic rings. The van der Waals surface area contributed by atoms with Gasteiger partial charge in [0.1, 0.15) is 11.4 Å². The maximum atomic E-state index is 12.3. The molecule has 3 aromatic carbocycles. The van der Waals surface area contributed by atoms with Crippen LogP contribution in [0.5, 0.6) is 5.75 Å². The number of anilines is 2. The van der Waals surface area contributed by atoms with Gasteiger partial charge in [0.15, 0.2) is 0 Å². The highest BCUT2D eigenvalue weighted by atomic mass is 35.5. The average molecular weight is 501 g/mol. The van der Waals surface area contributed by atoms with Gasteiger partial charge in [-0.1, -0.05) is 28.9 Å². The van der Waals surface area contributed by atoms with Crippen LogP contribution in [0.4, 0.5) is 16.2 Å². The molecule has 0 spiro atoms. The maximum Gasteiger partial charge on any atom is 0.323 e. The fraction of sp³-hybridized carbons (Fsp3) is 0.0769. The fourth-order valence-corrected chi connectivity index (χ4v) is 3.60. The van der Waals surface area contributed by atoms with Crippen LogP contribution in [0.3, 0.4) is 0 Å². The summed E-state index contributed by atoms with van der Waals surface area (Å²) in [6.45, 7) is 0.587. The van der Waals surface area contributed by atoms with Crippen LogP contribution in [0.1, 0.15) is 5.56 Å². The van der Waals surface area contributed by atoms with E-state index in [2.05, 4.69) is 25.8 Å². The Kier molecular flexibility index (Phi) is 6.63. The number of nitrogens with one attached hydrogen (secondary N) is 2. The van der Waals surface area contributed by atoms with E-state index in [4.69, 9.17) is 20.9 Å². The van der Waals surface area contributed by atoms with Crippen molar-refractivity contribution in [1.82, 2.24) is 19.7 Å². The number of hydrogen-bond acceptors (Lipinski definition) is 6. The van der Waals surface area contributed by atoms with E-state index in [0.717, 1.165) is 16.9 Å². The van der Waals surface area contributed by atoms with Crippen LogP contribution in [-0.4, -0.2) is 32.8 Å². The number of ether oxygens (including phenoxy) is 1. The third-order valence-electron chi connectivity index (χ3n) is 5.31. The third-order valence-corrected chi connectivity index (χ3v) is 5.56. The first kappa shape index (κ1) is 23.1. The predicted molar refractivity (Wildman–Crippen MR) is 137 cm³/mol. The van der Waals surface area contributed by atoms with Crippen molar-refractivity contribution in [2.45, 2.75) is 6.54 Å². The molecule has 0 unspecified atom stereocenters. The van der Waals surface area contributed by atoms with E-state index in [1.54, 1.807) is 49.8 Å². The number of aromatic nitrogens is 4. The summed E-state index contributed by atoms with van der Waals surface area (Å²) in [7, 11) is 1.59. The number of carbonyl (C=O) groups excluding carboxylic acids is 1. The van der Waals surface area contributed by atoms with Crippen molar-refractivity contribution in [3.8, 4) is 28.7 Å². The summed E-state index contributed by atoms with van der Waals surface area (Å²) in [5.41, 5.74) is 3.77. The molecule has 0 saturated carbocycles. The van der Waals surface area contributed by atoms with Crippen molar-refractivity contribution in [3.05, 3.63) is 95.9 Å². The van der Waals surface area contributed by atoms with Crippen molar-refractivity contribution in [3.63, 3.8) is 0 Å². The number of imidazole rings is 1. The van der Waals surface area contributed by atoms with Gasteiger partial charge in [-0.2, -0.15) is 4.98 Å². The molecule has 2 heterocycles. The molecule has 0 saturated heterocycles. The Labute approximate surface area is 211 Å². The first-order chi connectivity index (χ1) is 17.6. The molecule has 5 rings (SSSR count). The van der Waals surface area contributed by atoms with Crippen LogP contribution < -0.4 is 15.4 Å². The smallest absolute Gasteiger partial charge is 0.323 e. The number of benzene rings is 3. The van der Waals surface area contributed by atoms with Gasteiger partial charge >= 0.3 is 6.03 Å². The molecule has 36 heavy (non-hydrogen) atoms. The molecule has 0 aliphatic heterocycles. The summed E-state index contributed by atoms with van der Waals surface area (Å²) in [6.07, 6.45) is 3.55. The van der Waals surface area contributed by atoms with E-state index in [0.29, 0.717) is 40.4 Å². The average Bonchev–Trinajstić information content (AvgIpc) is 3.56. The minimum Gasteiger partial charge on any atom is -0.497 e. The largest absolute Gasteiger partial charge is 0.497 e. The van der Waals surface area contributed by atoms with Crippen LogP contribution in [0.15, 0.2) is 89.8 Å². The zero-order chi connectivity index (χ0) is 24.9. The van der Waals surface area contributed by atoms with Gasteiger partial charge in [0.05, 0.1) is 13.4 Å². The molecule has 2 aromatic heterocycles. The molecule has 5 aromatic rings. The standard InChI is InChI=1S/C26H21ClN6O3/c1-35-22-12-10-21(11-13-22)30-26(34)29-20-8-2-17(3-9-20)14-33-15-23(28-16-33)25-31-24(32-36-25)18-4-6-19(27)7-5-18/h2-13,15-16H,14H2,1H3,(H2,29,30,34). The maximum absolute atomic E-state index is 12.3. The number of amides is 2. The van der Waals surface area contributed by atoms with Gasteiger partial charge in [-0.3, -0.25) is 0 Å². The predicted octanol–water partition coefficient (Wildman–Crippen LogP) is 5.95. The van der Waals surface area contributed by atoms with Crippen molar-refractivity contribution in [2.75, 3.05) is 17.7 Å². The molecule has 10 heteroatoms. The Morgan fingerprint density at radius 1 is 0.972 bits per heavy atom. The third kappa shape index (κ3) is 5.53. The lowest BCUT2D eigenvalue weighted by molar-refractivity contribution is 0.262. The number of urea groups is 1. The second-order valence-corrected chi connectivity index (χ2v) is 8.30. The normalized spacial score (nSPS) is 10.7. The molecular weight excluding hydrogens is 480 g/mol. The van der Waals surface area contributed by atoms with Crippen LogP contribution >= 0.6 is 11.6 Å². The Morgan fingerprint density at radius 2 is 1.64 bits per heavy atom. The number of halogens is 1. The van der Waals surface area contributed by atoms with E-state index < -0.39 is 0 Å². The van der Waals surface area contributed by atoms with Gasteiger partial charge in [-0.15, -0.1) is 0 Å². The Morgan fingerprint density at radius 3 is 2.31 bits per heavy atom. The minimum absolute atomic E-state index is 0.329. The molecule has 0 aliphatic carbocycles. The second-order valence-electron chi connectivity index (χ2n) is 7.87. The van der Waals surface area contributed by atoms with Crippen molar-refractivity contribution < 1.29 is 14.1 Å². The second kappa shape index (κ2) is 10.3. The van der Waals surface area contributed by atoms with E-state index in [1.807, 2.05) is 47.2 Å². The van der Waals surface area contributed by atoms with Gasteiger partial charge in [-0.05, 0) is 66.2 Å². The van der Waals surface area contributed by atoms with Gasteiger partial charge in [-0.25, -0.2) is 9.78 Å². The molecule has 0 bridgehead atoms. The van der Waals surface area contributed by atoms with Crippen LogP contribution in [0.2, 0.25) is 5.02 Å². The lowest BCUT2D eigenvalue weighted by Gasteiger charge is -2.09. The minimum atomic E-state index is -0.329. The van der Waals surface area contributed by atoms with Crippen molar-refractivity contribution >= 4 is 29.0 Å².